The Bertz CT molecular complexity index is 288. The lowest BCUT2D eigenvalue weighted by Gasteiger charge is -2.30. The van der Waals surface area contributed by atoms with Gasteiger partial charge in [0.2, 0.25) is 0 Å². The van der Waals surface area contributed by atoms with Gasteiger partial charge in [0.25, 0.3) is 0 Å². The maximum absolute atomic E-state index is 6.39. The highest BCUT2D eigenvalue weighted by Crippen LogP contribution is 2.38. The summed E-state index contributed by atoms with van der Waals surface area (Å²) in [4.78, 5) is 4.39. The number of aromatic nitrogens is 1. The van der Waals surface area contributed by atoms with Gasteiger partial charge in [0.15, 0.2) is 0 Å². The van der Waals surface area contributed by atoms with E-state index in [1.165, 1.54) is 12.8 Å². The minimum absolute atomic E-state index is 0.00560. The van der Waals surface area contributed by atoms with Crippen LogP contribution in [0.5, 0.6) is 0 Å². The van der Waals surface area contributed by atoms with Gasteiger partial charge in [0.1, 0.15) is 0 Å². The van der Waals surface area contributed by atoms with E-state index < -0.39 is 0 Å². The largest absolute Gasteiger partial charge is 0.325 e. The lowest BCUT2D eigenvalue weighted by Crippen LogP contribution is -2.42. The quantitative estimate of drug-likeness (QED) is 0.778. The van der Waals surface area contributed by atoms with Gasteiger partial charge in [-0.25, -0.2) is 0 Å². The van der Waals surface area contributed by atoms with Gasteiger partial charge < -0.3 is 5.73 Å². The molecular formula is C12H18N2. The molecule has 0 saturated heterocycles. The molecule has 1 heterocycles. The molecule has 0 spiro atoms. The third-order valence-corrected chi connectivity index (χ3v) is 3.53. The topological polar surface area (TPSA) is 38.9 Å². The van der Waals surface area contributed by atoms with Crippen molar-refractivity contribution in [3.63, 3.8) is 0 Å². The highest BCUT2D eigenvalue weighted by molar-refractivity contribution is 5.15. The Morgan fingerprint density at radius 2 is 2.07 bits per heavy atom. The predicted molar refractivity (Wildman–Crippen MR) is 58.0 cm³/mol. The van der Waals surface area contributed by atoms with Crippen LogP contribution in [0.25, 0.3) is 0 Å². The van der Waals surface area contributed by atoms with E-state index in [-0.39, 0.29) is 5.54 Å². The van der Waals surface area contributed by atoms with Crippen molar-refractivity contribution in [1.29, 1.82) is 0 Å². The second-order valence-electron chi connectivity index (χ2n) is 4.42. The van der Waals surface area contributed by atoms with E-state index in [0.29, 0.717) is 5.92 Å². The van der Waals surface area contributed by atoms with Crippen LogP contribution in [0, 0.1) is 0 Å². The number of hydrogen-bond donors (Lipinski definition) is 1. The highest BCUT2D eigenvalue weighted by Gasteiger charge is 2.36. The third kappa shape index (κ3) is 1.67. The molecule has 76 valence electrons. The fourth-order valence-corrected chi connectivity index (χ4v) is 2.39. The molecule has 1 saturated carbocycles. The van der Waals surface area contributed by atoms with Crippen LogP contribution in [0.1, 0.15) is 44.2 Å². The molecule has 2 rings (SSSR count). The molecule has 0 radical (unpaired) electrons. The van der Waals surface area contributed by atoms with Gasteiger partial charge in [-0.3, -0.25) is 4.98 Å². The van der Waals surface area contributed by atoms with Gasteiger partial charge in [0.05, 0.1) is 0 Å². The van der Waals surface area contributed by atoms with Crippen LogP contribution >= 0.6 is 0 Å². The van der Waals surface area contributed by atoms with E-state index in [9.17, 15) is 0 Å². The number of nitrogens with zero attached hydrogens (tertiary/aromatic N) is 1. The summed E-state index contributed by atoms with van der Waals surface area (Å²) in [5.74, 6) is 0.381. The molecule has 1 fully saturated rings. The fraction of sp³-hybridized carbons (Fsp3) is 0.583. The van der Waals surface area contributed by atoms with Gasteiger partial charge in [-0.2, -0.15) is 0 Å². The molecular weight excluding hydrogens is 172 g/mol. The minimum Gasteiger partial charge on any atom is -0.325 e. The Labute approximate surface area is 85.5 Å². The summed E-state index contributed by atoms with van der Waals surface area (Å²) in [7, 11) is 0. The molecule has 0 aromatic carbocycles. The maximum atomic E-state index is 6.39. The molecule has 2 N–H and O–H groups in total. The molecule has 14 heavy (non-hydrogen) atoms. The van der Waals surface area contributed by atoms with Crippen molar-refractivity contribution in [2.24, 2.45) is 5.73 Å². The molecule has 1 aliphatic rings. The first-order chi connectivity index (χ1) is 6.72. The van der Waals surface area contributed by atoms with E-state index in [1.54, 1.807) is 0 Å². The van der Waals surface area contributed by atoms with E-state index in [0.717, 1.165) is 18.5 Å². The van der Waals surface area contributed by atoms with Crippen molar-refractivity contribution in [2.75, 3.05) is 0 Å². The number of nitrogens with two attached hydrogens (primary N) is 1. The lowest BCUT2D eigenvalue weighted by atomic mass is 9.82. The minimum atomic E-state index is -0.00560. The average molecular weight is 190 g/mol. The monoisotopic (exact) mass is 190 g/mol. The van der Waals surface area contributed by atoms with Crippen LogP contribution in [0.4, 0.5) is 0 Å². The van der Waals surface area contributed by atoms with Gasteiger partial charge in [-0.15, -0.1) is 0 Å². The Balaban J connectivity index is 2.19. The molecule has 1 atom stereocenters. The maximum Gasteiger partial charge on any atom is 0.0450 e. The molecule has 2 nitrogen and oxygen atoms in total. The standard InChI is InChI=1S/C12H18N2/c1-10(11-6-2-5-9-14-11)12(13)7-3-4-8-12/h2,5-6,9-10H,3-4,7-8,13H2,1H3. The van der Waals surface area contributed by atoms with Crippen LogP contribution in [0.3, 0.4) is 0 Å². The van der Waals surface area contributed by atoms with Gasteiger partial charge in [-0.1, -0.05) is 25.8 Å². The average Bonchev–Trinajstić information content (AvgIpc) is 2.67. The van der Waals surface area contributed by atoms with Crippen molar-refractivity contribution in [2.45, 2.75) is 44.1 Å². The summed E-state index contributed by atoms with van der Waals surface area (Å²) in [5.41, 5.74) is 7.53. The third-order valence-electron chi connectivity index (χ3n) is 3.53. The molecule has 0 aliphatic heterocycles. The summed E-state index contributed by atoms with van der Waals surface area (Å²) >= 11 is 0. The van der Waals surface area contributed by atoms with Gasteiger partial charge in [-0.05, 0) is 25.0 Å². The second-order valence-corrected chi connectivity index (χ2v) is 4.42. The van der Waals surface area contributed by atoms with E-state index in [1.807, 2.05) is 18.3 Å². The Kier molecular flexibility index (Phi) is 2.55. The Morgan fingerprint density at radius 3 is 2.64 bits per heavy atom. The normalized spacial score (nSPS) is 22.1. The molecule has 2 heteroatoms. The molecule has 1 aliphatic carbocycles. The summed E-state index contributed by atoms with van der Waals surface area (Å²) in [5, 5.41) is 0. The highest BCUT2D eigenvalue weighted by atomic mass is 14.8. The smallest absolute Gasteiger partial charge is 0.0450 e. The van der Waals surface area contributed by atoms with Crippen molar-refractivity contribution in [3.8, 4) is 0 Å². The molecule has 0 amide bonds. The number of rotatable bonds is 2. The van der Waals surface area contributed by atoms with Gasteiger partial charge in [0, 0.05) is 23.3 Å². The molecule has 1 aromatic rings. The zero-order valence-corrected chi connectivity index (χ0v) is 8.74. The molecule has 0 bridgehead atoms. The van der Waals surface area contributed by atoms with Crippen LogP contribution in [0.15, 0.2) is 24.4 Å². The van der Waals surface area contributed by atoms with Crippen LogP contribution in [-0.2, 0) is 0 Å². The summed E-state index contributed by atoms with van der Waals surface area (Å²) < 4.78 is 0. The predicted octanol–water partition coefficient (Wildman–Crippen LogP) is 2.46. The first-order valence-corrected chi connectivity index (χ1v) is 5.42. The Morgan fingerprint density at radius 1 is 1.36 bits per heavy atom. The first kappa shape index (κ1) is 9.66. The summed E-state index contributed by atoms with van der Waals surface area (Å²) in [6.07, 6.45) is 6.68. The zero-order valence-electron chi connectivity index (χ0n) is 8.74. The van der Waals surface area contributed by atoms with Crippen LogP contribution < -0.4 is 5.73 Å². The molecule has 1 unspecified atom stereocenters. The van der Waals surface area contributed by atoms with E-state index in [4.69, 9.17) is 5.73 Å². The van der Waals surface area contributed by atoms with Crippen molar-refractivity contribution < 1.29 is 0 Å². The fourth-order valence-electron chi connectivity index (χ4n) is 2.39. The number of pyridine rings is 1. The first-order valence-electron chi connectivity index (χ1n) is 5.42. The van der Waals surface area contributed by atoms with Crippen LogP contribution in [-0.4, -0.2) is 10.5 Å². The summed E-state index contributed by atoms with van der Waals surface area (Å²) in [6.45, 7) is 2.20. The van der Waals surface area contributed by atoms with Gasteiger partial charge >= 0.3 is 0 Å². The second kappa shape index (κ2) is 3.70. The van der Waals surface area contributed by atoms with E-state index >= 15 is 0 Å². The molecule has 1 aromatic heterocycles. The van der Waals surface area contributed by atoms with Crippen molar-refractivity contribution in [3.05, 3.63) is 30.1 Å². The Hall–Kier alpha value is -0.890. The van der Waals surface area contributed by atoms with Crippen LogP contribution in [0.2, 0.25) is 0 Å². The summed E-state index contributed by atoms with van der Waals surface area (Å²) in [6, 6.07) is 6.07. The van der Waals surface area contributed by atoms with E-state index in [2.05, 4.69) is 18.0 Å². The van der Waals surface area contributed by atoms with Crippen molar-refractivity contribution in [1.82, 2.24) is 4.98 Å². The lowest BCUT2D eigenvalue weighted by molar-refractivity contribution is 0.365. The zero-order chi connectivity index (χ0) is 10.0. The SMILES string of the molecule is CC(c1ccccn1)C1(N)CCCC1. The number of hydrogen-bond acceptors (Lipinski definition) is 2. The van der Waals surface area contributed by atoms with Crippen molar-refractivity contribution >= 4 is 0 Å².